The van der Waals surface area contributed by atoms with Gasteiger partial charge >= 0.3 is 5.97 Å². The molecule has 26 heavy (non-hydrogen) atoms. The minimum absolute atomic E-state index is 0.0238. The lowest BCUT2D eigenvalue weighted by atomic mass is 9.50. The van der Waals surface area contributed by atoms with Crippen molar-refractivity contribution in [2.24, 2.45) is 11.8 Å². The number of benzene rings is 1. The molecule has 5 heteroatoms. The number of hydroxylamine groups is 3. The van der Waals surface area contributed by atoms with Crippen LogP contribution in [0.15, 0.2) is 35.9 Å². The molecule has 5 nitrogen and oxygen atoms in total. The molecule has 1 aliphatic carbocycles. The van der Waals surface area contributed by atoms with Gasteiger partial charge in [-0.25, -0.2) is 0 Å². The first-order chi connectivity index (χ1) is 12.5. The number of fused-ring (bicyclic) bond motifs is 2. The van der Waals surface area contributed by atoms with Gasteiger partial charge in [0.2, 0.25) is 0 Å². The molecule has 0 amide bonds. The molecule has 1 saturated carbocycles. The van der Waals surface area contributed by atoms with Crippen molar-refractivity contribution < 1.29 is 14.2 Å². The first-order valence-electron chi connectivity index (χ1n) is 9.61. The van der Waals surface area contributed by atoms with Crippen molar-refractivity contribution in [3.63, 3.8) is 0 Å². The number of para-hydroxylation sites is 1. The number of likely N-dealkylation sites (N-methyl/N-ethyl adjacent to an activating group) is 1. The van der Waals surface area contributed by atoms with Crippen LogP contribution in [0.1, 0.15) is 25.3 Å². The Morgan fingerprint density at radius 1 is 1.42 bits per heavy atom. The number of quaternary nitrogens is 1. The van der Waals surface area contributed by atoms with Gasteiger partial charge in [0, 0.05) is 36.9 Å². The van der Waals surface area contributed by atoms with E-state index in [9.17, 15) is 10.0 Å². The summed E-state index contributed by atoms with van der Waals surface area (Å²) in [6, 6.07) is 8.51. The number of allylic oxidation sites excluding steroid dienone is 1. The summed E-state index contributed by atoms with van der Waals surface area (Å²) >= 11 is 0. The Hall–Kier alpha value is -1.85. The normalized spacial score (nSPS) is 44.0. The Kier molecular flexibility index (Phi) is 3.21. The summed E-state index contributed by atoms with van der Waals surface area (Å²) in [4.78, 5) is 15.4. The van der Waals surface area contributed by atoms with Crippen molar-refractivity contribution in [3.05, 3.63) is 46.7 Å². The molecule has 0 spiro atoms. The Balaban J connectivity index is 1.80. The molecule has 1 aromatic carbocycles. The molecule has 3 heterocycles. The first kappa shape index (κ1) is 16.3. The minimum Gasteiger partial charge on any atom is -0.632 e. The van der Waals surface area contributed by atoms with Crippen LogP contribution in [0.25, 0.3) is 0 Å². The number of carbonyl (C=O) groups excluding carboxylic acids is 1. The fourth-order valence-corrected chi connectivity index (χ4v) is 6.89. The fraction of sp³-hybridized carbons (Fsp3) is 0.571. The van der Waals surface area contributed by atoms with Crippen molar-refractivity contribution in [1.82, 2.24) is 0 Å². The summed E-state index contributed by atoms with van der Waals surface area (Å²) in [5.74, 6) is -0.204. The lowest BCUT2D eigenvalue weighted by Gasteiger charge is -2.68. The van der Waals surface area contributed by atoms with E-state index in [1.54, 1.807) is 0 Å². The van der Waals surface area contributed by atoms with Gasteiger partial charge in [0.25, 0.3) is 0 Å². The number of carbonyl (C=O) groups is 1. The van der Waals surface area contributed by atoms with Crippen LogP contribution in [0.4, 0.5) is 5.69 Å². The maximum atomic E-state index is 13.8. The molecule has 138 valence electrons. The van der Waals surface area contributed by atoms with E-state index in [0.29, 0.717) is 13.1 Å². The Morgan fingerprint density at radius 3 is 2.92 bits per heavy atom. The quantitative estimate of drug-likeness (QED) is 0.337. The summed E-state index contributed by atoms with van der Waals surface area (Å²) in [5, 5.41) is 13.8. The van der Waals surface area contributed by atoms with E-state index >= 15 is 0 Å². The van der Waals surface area contributed by atoms with Crippen LogP contribution in [0.3, 0.4) is 0 Å². The summed E-state index contributed by atoms with van der Waals surface area (Å²) in [6.07, 6.45) is 3.62. The zero-order valence-corrected chi connectivity index (χ0v) is 15.6. The zero-order valence-electron chi connectivity index (χ0n) is 15.6. The van der Waals surface area contributed by atoms with Crippen molar-refractivity contribution in [2.75, 3.05) is 32.1 Å². The molecular formula is C21H26N2O3. The zero-order chi connectivity index (χ0) is 18.3. The lowest BCUT2D eigenvalue weighted by Crippen LogP contribution is -2.77. The molecule has 0 aromatic heterocycles. The molecule has 1 unspecified atom stereocenters. The maximum Gasteiger partial charge on any atom is 0.310 e. The van der Waals surface area contributed by atoms with Gasteiger partial charge in [0.15, 0.2) is 0 Å². The third kappa shape index (κ3) is 1.66. The number of nitrogens with zero attached hydrogens (tertiary/aromatic N) is 2. The van der Waals surface area contributed by atoms with Crippen LogP contribution in [-0.4, -0.2) is 49.9 Å². The molecule has 6 atom stereocenters. The average Bonchev–Trinajstić information content (AvgIpc) is 2.92. The van der Waals surface area contributed by atoms with Gasteiger partial charge < -0.3 is 19.5 Å². The standard InChI is InChI=1S/C21H26N2O3/c1-4-13-12-23(25)10-9-21-15-7-5-6-8-16(15)22(2)19(21)17(23)11-14(13)18(21)20(24)26-3/h4-8,14,17-19H,9-12H2,1-3H3/b13-4+/t14-,17-,18-,19+,21-,23?/m0/s1. The van der Waals surface area contributed by atoms with Crippen LogP contribution in [0.2, 0.25) is 0 Å². The molecule has 0 radical (unpaired) electrons. The average molecular weight is 354 g/mol. The third-order valence-electron chi connectivity index (χ3n) is 7.81. The van der Waals surface area contributed by atoms with Gasteiger partial charge in [0.1, 0.15) is 12.6 Å². The summed E-state index contributed by atoms with van der Waals surface area (Å²) < 4.78 is 5.20. The molecule has 4 aliphatic rings. The molecule has 3 bridgehead atoms. The second-order valence-corrected chi connectivity index (χ2v) is 8.47. The van der Waals surface area contributed by atoms with Crippen molar-refractivity contribution in [2.45, 2.75) is 37.3 Å². The highest BCUT2D eigenvalue weighted by atomic mass is 16.5. The van der Waals surface area contributed by atoms with E-state index in [1.807, 2.05) is 13.0 Å². The first-order valence-corrected chi connectivity index (χ1v) is 9.61. The molecule has 1 aromatic rings. The van der Waals surface area contributed by atoms with E-state index in [0.717, 1.165) is 18.4 Å². The largest absolute Gasteiger partial charge is 0.632 e. The van der Waals surface area contributed by atoms with Crippen molar-refractivity contribution >= 4 is 11.7 Å². The number of hydrogen-bond acceptors (Lipinski definition) is 4. The highest BCUT2D eigenvalue weighted by molar-refractivity contribution is 5.80. The molecule has 3 fully saturated rings. The Labute approximate surface area is 154 Å². The smallest absolute Gasteiger partial charge is 0.310 e. The summed E-state index contributed by atoms with van der Waals surface area (Å²) in [5.41, 5.74) is 3.25. The highest BCUT2D eigenvalue weighted by Gasteiger charge is 2.71. The van der Waals surface area contributed by atoms with Crippen LogP contribution >= 0.6 is 0 Å². The molecule has 3 aliphatic heterocycles. The summed E-state index contributed by atoms with van der Waals surface area (Å²) in [6.45, 7) is 3.11. The van der Waals surface area contributed by atoms with E-state index in [4.69, 9.17) is 4.74 Å². The second kappa shape index (κ2) is 5.11. The molecule has 0 N–H and O–H groups in total. The van der Waals surface area contributed by atoms with Gasteiger partial charge in [-0.15, -0.1) is 0 Å². The Bertz CT molecular complexity index is 821. The Morgan fingerprint density at radius 2 is 2.19 bits per heavy atom. The van der Waals surface area contributed by atoms with Gasteiger partial charge in [-0.3, -0.25) is 4.79 Å². The maximum absolute atomic E-state index is 13.8. The van der Waals surface area contributed by atoms with Crippen LogP contribution in [-0.2, 0) is 14.9 Å². The van der Waals surface area contributed by atoms with Crippen molar-refractivity contribution in [1.29, 1.82) is 0 Å². The predicted octanol–water partition coefficient (Wildman–Crippen LogP) is 2.60. The van der Waals surface area contributed by atoms with Crippen molar-refractivity contribution in [3.8, 4) is 0 Å². The van der Waals surface area contributed by atoms with Gasteiger partial charge in [-0.1, -0.05) is 24.3 Å². The topological polar surface area (TPSA) is 52.6 Å². The molecule has 2 saturated heterocycles. The molecule has 5 rings (SSSR count). The SMILES string of the molecule is C/C=C1\C[N+]2([O-])CC[C@@]34c5ccccc5N(C)[C@@H]3[C@@H]2C[C@@H]1[C@H]4C(=O)OC. The van der Waals surface area contributed by atoms with E-state index in [1.165, 1.54) is 18.4 Å². The lowest BCUT2D eigenvalue weighted by molar-refractivity contribution is -0.916. The van der Waals surface area contributed by atoms with Gasteiger partial charge in [-0.05, 0) is 24.1 Å². The number of anilines is 1. The highest BCUT2D eigenvalue weighted by Crippen LogP contribution is 2.64. The molecular weight excluding hydrogens is 328 g/mol. The third-order valence-corrected chi connectivity index (χ3v) is 7.81. The number of methoxy groups -OCH3 is 1. The van der Waals surface area contributed by atoms with Gasteiger partial charge in [-0.2, -0.15) is 0 Å². The van der Waals surface area contributed by atoms with E-state index in [2.05, 4.69) is 36.2 Å². The van der Waals surface area contributed by atoms with Crippen LogP contribution in [0.5, 0.6) is 0 Å². The number of piperidine rings is 2. The number of rotatable bonds is 1. The van der Waals surface area contributed by atoms with Crippen LogP contribution < -0.4 is 4.90 Å². The predicted molar refractivity (Wildman–Crippen MR) is 99.4 cm³/mol. The summed E-state index contributed by atoms with van der Waals surface area (Å²) in [7, 11) is 3.60. The van der Waals surface area contributed by atoms with Gasteiger partial charge in [0.05, 0.1) is 25.6 Å². The second-order valence-electron chi connectivity index (χ2n) is 8.47. The fourth-order valence-electron chi connectivity index (χ4n) is 6.89. The minimum atomic E-state index is -0.313. The number of ether oxygens (including phenoxy) is 1. The number of hydrogen-bond donors (Lipinski definition) is 0. The monoisotopic (exact) mass is 354 g/mol. The van der Waals surface area contributed by atoms with E-state index in [-0.39, 0.29) is 40.0 Å². The van der Waals surface area contributed by atoms with E-state index < -0.39 is 0 Å². The number of esters is 1. The van der Waals surface area contributed by atoms with Crippen LogP contribution in [0, 0.1) is 17.0 Å².